The molecule has 3 fully saturated rings. The molecule has 1 unspecified atom stereocenters. The fraction of sp³-hybridized carbons (Fsp3) is 0.905. The second kappa shape index (κ2) is 9.09. The normalized spacial score (nSPS) is 26.9. The molecule has 1 amide bonds. The van der Waals surface area contributed by atoms with E-state index in [-0.39, 0.29) is 5.92 Å². The number of amides is 1. The van der Waals surface area contributed by atoms with Crippen LogP contribution in [-0.4, -0.2) is 49.5 Å². The largest absolute Gasteiger partial charge is 0.356 e. The Morgan fingerprint density at radius 2 is 1.85 bits per heavy atom. The zero-order chi connectivity index (χ0) is 18.4. The number of likely N-dealkylation sites (tertiary alicyclic amines) is 1. The summed E-state index contributed by atoms with van der Waals surface area (Å²) in [5.74, 6) is 1.58. The SMILES string of the molecule is CCC1(CNC(=NC)NC2CCN(C(=O)C3CCCCC3)C2)CCCC1. The van der Waals surface area contributed by atoms with Gasteiger partial charge in [0.1, 0.15) is 0 Å². The lowest BCUT2D eigenvalue weighted by Crippen LogP contribution is -2.48. The van der Waals surface area contributed by atoms with Crippen molar-refractivity contribution < 1.29 is 4.79 Å². The molecular weight excluding hydrogens is 324 g/mol. The molecule has 0 aromatic heterocycles. The van der Waals surface area contributed by atoms with E-state index in [1.807, 2.05) is 7.05 Å². The molecule has 3 rings (SSSR count). The van der Waals surface area contributed by atoms with Crippen LogP contribution in [0.1, 0.15) is 77.6 Å². The highest BCUT2D eigenvalue weighted by Gasteiger charge is 2.33. The third kappa shape index (κ3) is 4.72. The molecule has 3 aliphatic rings. The number of aliphatic imine (C=N–C) groups is 1. The topological polar surface area (TPSA) is 56.7 Å². The van der Waals surface area contributed by atoms with Gasteiger partial charge in [-0.2, -0.15) is 0 Å². The maximum absolute atomic E-state index is 12.7. The summed E-state index contributed by atoms with van der Waals surface area (Å²) in [4.78, 5) is 19.3. The number of carbonyl (C=O) groups excluding carboxylic acids is 1. The molecule has 1 aliphatic heterocycles. The van der Waals surface area contributed by atoms with E-state index in [2.05, 4.69) is 27.4 Å². The Labute approximate surface area is 159 Å². The molecule has 1 atom stereocenters. The van der Waals surface area contributed by atoms with Crippen molar-refractivity contribution in [2.24, 2.45) is 16.3 Å². The zero-order valence-corrected chi connectivity index (χ0v) is 16.9. The maximum Gasteiger partial charge on any atom is 0.225 e. The number of nitrogens with one attached hydrogen (secondary N) is 2. The van der Waals surface area contributed by atoms with E-state index in [1.165, 1.54) is 51.4 Å². The van der Waals surface area contributed by atoms with Crippen molar-refractivity contribution in [1.82, 2.24) is 15.5 Å². The van der Waals surface area contributed by atoms with Gasteiger partial charge in [-0.3, -0.25) is 9.79 Å². The van der Waals surface area contributed by atoms with E-state index >= 15 is 0 Å². The molecule has 1 saturated heterocycles. The predicted octanol–water partition coefficient (Wildman–Crippen LogP) is 3.30. The van der Waals surface area contributed by atoms with E-state index in [4.69, 9.17) is 0 Å². The summed E-state index contributed by atoms with van der Waals surface area (Å²) in [6, 6.07) is 0.329. The van der Waals surface area contributed by atoms with Crippen molar-refractivity contribution in [3.05, 3.63) is 0 Å². The van der Waals surface area contributed by atoms with Gasteiger partial charge in [-0.05, 0) is 43.9 Å². The van der Waals surface area contributed by atoms with Gasteiger partial charge in [0.25, 0.3) is 0 Å². The van der Waals surface area contributed by atoms with Gasteiger partial charge in [-0.15, -0.1) is 0 Å². The molecule has 0 spiro atoms. The Hall–Kier alpha value is -1.26. The Morgan fingerprint density at radius 1 is 1.12 bits per heavy atom. The Kier molecular flexibility index (Phi) is 6.82. The molecule has 5 nitrogen and oxygen atoms in total. The van der Waals surface area contributed by atoms with Gasteiger partial charge < -0.3 is 15.5 Å². The highest BCUT2D eigenvalue weighted by molar-refractivity contribution is 5.81. The summed E-state index contributed by atoms with van der Waals surface area (Å²) >= 11 is 0. The number of rotatable bonds is 5. The first-order valence-corrected chi connectivity index (χ1v) is 10.9. The predicted molar refractivity (Wildman–Crippen MR) is 107 cm³/mol. The lowest BCUT2D eigenvalue weighted by molar-refractivity contribution is -0.135. The van der Waals surface area contributed by atoms with Crippen LogP contribution in [0.5, 0.6) is 0 Å². The van der Waals surface area contributed by atoms with Crippen molar-refractivity contribution in [2.45, 2.75) is 83.6 Å². The van der Waals surface area contributed by atoms with Crippen LogP contribution in [0.25, 0.3) is 0 Å². The smallest absolute Gasteiger partial charge is 0.225 e. The molecule has 2 saturated carbocycles. The summed E-state index contributed by atoms with van der Waals surface area (Å²) in [6.45, 7) is 5.05. The van der Waals surface area contributed by atoms with Gasteiger partial charge in [0.05, 0.1) is 0 Å². The molecule has 5 heteroatoms. The fourth-order valence-electron chi connectivity index (χ4n) is 5.13. The Morgan fingerprint density at radius 3 is 2.50 bits per heavy atom. The minimum absolute atomic E-state index is 0.284. The quantitative estimate of drug-likeness (QED) is 0.583. The summed E-state index contributed by atoms with van der Waals surface area (Å²) in [5, 5.41) is 7.14. The van der Waals surface area contributed by atoms with Crippen molar-refractivity contribution in [2.75, 3.05) is 26.7 Å². The zero-order valence-electron chi connectivity index (χ0n) is 16.9. The van der Waals surface area contributed by atoms with Crippen molar-refractivity contribution >= 4 is 11.9 Å². The van der Waals surface area contributed by atoms with Crippen LogP contribution in [0.15, 0.2) is 4.99 Å². The monoisotopic (exact) mass is 362 g/mol. The Bertz CT molecular complexity index is 492. The number of hydrogen-bond donors (Lipinski definition) is 2. The minimum Gasteiger partial charge on any atom is -0.356 e. The highest BCUT2D eigenvalue weighted by atomic mass is 16.2. The second-order valence-electron chi connectivity index (χ2n) is 8.74. The lowest BCUT2D eigenvalue weighted by Gasteiger charge is -2.29. The Balaban J connectivity index is 1.45. The molecule has 26 heavy (non-hydrogen) atoms. The van der Waals surface area contributed by atoms with Crippen molar-refractivity contribution in [1.29, 1.82) is 0 Å². The van der Waals surface area contributed by atoms with Crippen LogP contribution in [0.2, 0.25) is 0 Å². The lowest BCUT2D eigenvalue weighted by atomic mass is 9.83. The summed E-state index contributed by atoms with van der Waals surface area (Å²) in [6.07, 6.45) is 13.6. The van der Waals surface area contributed by atoms with Crippen LogP contribution >= 0.6 is 0 Å². The third-order valence-electron chi connectivity index (χ3n) is 7.06. The first kappa shape index (κ1) is 19.5. The van der Waals surface area contributed by atoms with E-state index in [9.17, 15) is 4.79 Å². The van der Waals surface area contributed by atoms with Crippen LogP contribution in [0, 0.1) is 11.3 Å². The third-order valence-corrected chi connectivity index (χ3v) is 7.06. The molecule has 2 N–H and O–H groups in total. The first-order chi connectivity index (χ1) is 12.7. The van der Waals surface area contributed by atoms with Gasteiger partial charge in [0.15, 0.2) is 5.96 Å². The average molecular weight is 363 g/mol. The number of hydrogen-bond acceptors (Lipinski definition) is 2. The molecule has 2 aliphatic carbocycles. The second-order valence-corrected chi connectivity index (χ2v) is 8.74. The number of nitrogens with zero attached hydrogens (tertiary/aromatic N) is 2. The molecule has 148 valence electrons. The van der Waals surface area contributed by atoms with E-state index in [1.54, 1.807) is 0 Å². The van der Waals surface area contributed by atoms with Gasteiger partial charge in [-0.25, -0.2) is 0 Å². The summed E-state index contributed by atoms with van der Waals surface area (Å²) in [5.41, 5.74) is 0.455. The minimum atomic E-state index is 0.284. The maximum atomic E-state index is 12.7. The van der Waals surface area contributed by atoms with Crippen LogP contribution in [-0.2, 0) is 4.79 Å². The standard InChI is InChI=1S/C21H38N4O/c1-3-21(12-7-8-13-21)16-23-20(22-2)24-18-11-14-25(15-18)19(26)17-9-5-4-6-10-17/h17-18H,3-16H2,1-2H3,(H2,22,23,24). The summed E-state index contributed by atoms with van der Waals surface area (Å²) in [7, 11) is 1.85. The number of guanidine groups is 1. The van der Waals surface area contributed by atoms with E-state index in [0.717, 1.165) is 44.9 Å². The molecule has 1 heterocycles. The van der Waals surface area contributed by atoms with Gasteiger partial charge in [0.2, 0.25) is 5.91 Å². The highest BCUT2D eigenvalue weighted by Crippen LogP contribution is 2.40. The van der Waals surface area contributed by atoms with Crippen molar-refractivity contribution in [3.8, 4) is 0 Å². The van der Waals surface area contributed by atoms with Crippen molar-refractivity contribution in [3.63, 3.8) is 0 Å². The molecule has 0 radical (unpaired) electrons. The molecule has 0 aromatic carbocycles. The first-order valence-electron chi connectivity index (χ1n) is 10.9. The molecular formula is C21H38N4O. The van der Waals surface area contributed by atoms with Gasteiger partial charge in [-0.1, -0.05) is 39.0 Å². The van der Waals surface area contributed by atoms with E-state index in [0.29, 0.717) is 17.4 Å². The number of carbonyl (C=O) groups is 1. The molecule has 0 aromatic rings. The van der Waals surface area contributed by atoms with Gasteiger partial charge >= 0.3 is 0 Å². The summed E-state index contributed by atoms with van der Waals surface area (Å²) < 4.78 is 0. The van der Waals surface area contributed by atoms with Crippen LogP contribution in [0.4, 0.5) is 0 Å². The van der Waals surface area contributed by atoms with E-state index < -0.39 is 0 Å². The fourth-order valence-corrected chi connectivity index (χ4v) is 5.13. The average Bonchev–Trinajstić information content (AvgIpc) is 3.35. The van der Waals surface area contributed by atoms with Crippen LogP contribution < -0.4 is 10.6 Å². The molecule has 0 bridgehead atoms. The van der Waals surface area contributed by atoms with Gasteiger partial charge in [0, 0.05) is 38.6 Å². The van der Waals surface area contributed by atoms with Crippen LogP contribution in [0.3, 0.4) is 0 Å².